The van der Waals surface area contributed by atoms with Gasteiger partial charge in [0.2, 0.25) is 0 Å². The number of ether oxygens (including phenoxy) is 1. The first-order valence-corrected chi connectivity index (χ1v) is 6.30. The lowest BCUT2D eigenvalue weighted by molar-refractivity contribution is -0.148. The van der Waals surface area contributed by atoms with E-state index in [0.717, 1.165) is 37.5 Å². The van der Waals surface area contributed by atoms with Gasteiger partial charge in [-0.2, -0.15) is 0 Å². The van der Waals surface area contributed by atoms with Crippen molar-refractivity contribution >= 4 is 5.97 Å². The summed E-state index contributed by atoms with van der Waals surface area (Å²) in [7, 11) is 3.39. The molecule has 1 fully saturated rings. The summed E-state index contributed by atoms with van der Waals surface area (Å²) < 4.78 is 6.83. The van der Waals surface area contributed by atoms with Crippen molar-refractivity contribution in [2.75, 3.05) is 13.7 Å². The highest BCUT2D eigenvalue weighted by Gasteiger charge is 2.30. The number of piperidine rings is 1. The fourth-order valence-corrected chi connectivity index (χ4v) is 2.35. The van der Waals surface area contributed by atoms with E-state index in [1.165, 1.54) is 7.11 Å². The number of likely N-dealkylation sites (tertiary alicyclic amines) is 1. The molecule has 0 bridgehead atoms. The van der Waals surface area contributed by atoms with Crippen molar-refractivity contribution in [2.45, 2.75) is 38.8 Å². The number of carbonyl (C=O) groups excluding carboxylic acids is 1. The van der Waals surface area contributed by atoms with Crippen LogP contribution < -0.4 is 0 Å². The summed E-state index contributed by atoms with van der Waals surface area (Å²) in [5.74, 6) is 1.63. The first-order chi connectivity index (χ1) is 8.63. The number of hydrogen-bond donors (Lipinski definition) is 0. The van der Waals surface area contributed by atoms with E-state index in [-0.39, 0.29) is 12.0 Å². The highest BCUT2D eigenvalue weighted by molar-refractivity contribution is 5.75. The average Bonchev–Trinajstić information content (AvgIpc) is 2.70. The van der Waals surface area contributed by atoms with Crippen molar-refractivity contribution in [3.63, 3.8) is 0 Å². The summed E-state index contributed by atoms with van der Waals surface area (Å²) in [5, 5.41) is 8.19. The maximum absolute atomic E-state index is 11.8. The third-order valence-electron chi connectivity index (χ3n) is 3.61. The van der Waals surface area contributed by atoms with Gasteiger partial charge in [-0.05, 0) is 26.3 Å². The van der Waals surface area contributed by atoms with Crippen LogP contribution in [0.2, 0.25) is 0 Å². The van der Waals surface area contributed by atoms with Gasteiger partial charge in [0.25, 0.3) is 0 Å². The first-order valence-electron chi connectivity index (χ1n) is 6.30. The Morgan fingerprint density at radius 2 is 2.22 bits per heavy atom. The smallest absolute Gasteiger partial charge is 0.323 e. The van der Waals surface area contributed by atoms with Gasteiger partial charge in [0, 0.05) is 7.05 Å². The molecule has 0 radical (unpaired) electrons. The Labute approximate surface area is 107 Å². The quantitative estimate of drug-likeness (QED) is 0.739. The van der Waals surface area contributed by atoms with Crippen molar-refractivity contribution in [3.8, 4) is 0 Å². The van der Waals surface area contributed by atoms with Gasteiger partial charge in [-0.15, -0.1) is 10.2 Å². The number of aryl methyl sites for hydroxylation is 1. The van der Waals surface area contributed by atoms with Crippen LogP contribution in [0, 0.1) is 6.92 Å². The van der Waals surface area contributed by atoms with Crippen LogP contribution in [0.15, 0.2) is 0 Å². The highest BCUT2D eigenvalue weighted by atomic mass is 16.5. The number of hydrogen-bond acceptors (Lipinski definition) is 5. The molecule has 0 unspecified atom stereocenters. The largest absolute Gasteiger partial charge is 0.468 e. The molecule has 1 aliphatic rings. The minimum atomic E-state index is -0.145. The zero-order valence-electron chi connectivity index (χ0n) is 11.2. The SMILES string of the molecule is COC(=O)[C@H]1CCCCN1Cc1nnc(C)n1C. The monoisotopic (exact) mass is 252 g/mol. The number of methoxy groups -OCH3 is 1. The van der Waals surface area contributed by atoms with Gasteiger partial charge in [-0.3, -0.25) is 9.69 Å². The second-order valence-electron chi connectivity index (χ2n) is 4.73. The number of carbonyl (C=O) groups is 1. The molecule has 1 aliphatic heterocycles. The summed E-state index contributed by atoms with van der Waals surface area (Å²) in [5.41, 5.74) is 0. The number of rotatable bonds is 3. The van der Waals surface area contributed by atoms with Crippen molar-refractivity contribution in [2.24, 2.45) is 7.05 Å². The molecule has 1 aromatic rings. The third kappa shape index (κ3) is 2.53. The Morgan fingerprint density at radius 3 is 2.83 bits per heavy atom. The Balaban J connectivity index is 2.10. The predicted molar refractivity (Wildman–Crippen MR) is 65.8 cm³/mol. The Hall–Kier alpha value is -1.43. The summed E-state index contributed by atoms with van der Waals surface area (Å²) in [6, 6.07) is -0.138. The van der Waals surface area contributed by atoms with Crippen LogP contribution in [0.25, 0.3) is 0 Å². The van der Waals surface area contributed by atoms with Crippen LogP contribution >= 0.6 is 0 Å². The van der Waals surface area contributed by atoms with Crippen LogP contribution in [0.5, 0.6) is 0 Å². The lowest BCUT2D eigenvalue weighted by Crippen LogP contribution is -2.45. The number of aromatic nitrogens is 3. The van der Waals surface area contributed by atoms with Gasteiger partial charge in [-0.1, -0.05) is 6.42 Å². The molecule has 2 heterocycles. The molecule has 18 heavy (non-hydrogen) atoms. The topological polar surface area (TPSA) is 60.2 Å². The van der Waals surface area contributed by atoms with Crippen LogP contribution in [-0.2, 0) is 23.1 Å². The molecule has 2 rings (SSSR count). The predicted octanol–water partition coefficient (Wildman–Crippen LogP) is 0.651. The molecule has 1 saturated heterocycles. The van der Waals surface area contributed by atoms with Crippen LogP contribution in [0.3, 0.4) is 0 Å². The number of esters is 1. The average molecular weight is 252 g/mol. The minimum absolute atomic E-state index is 0.138. The van der Waals surface area contributed by atoms with Crippen molar-refractivity contribution in [1.82, 2.24) is 19.7 Å². The second-order valence-corrected chi connectivity index (χ2v) is 4.73. The van der Waals surface area contributed by atoms with E-state index in [9.17, 15) is 4.79 Å². The van der Waals surface area contributed by atoms with Crippen LogP contribution in [0.4, 0.5) is 0 Å². The Bertz CT molecular complexity index is 430. The third-order valence-corrected chi connectivity index (χ3v) is 3.61. The summed E-state index contributed by atoms with van der Waals surface area (Å²) in [6.07, 6.45) is 3.06. The molecule has 6 nitrogen and oxygen atoms in total. The Kier molecular flexibility index (Phi) is 3.96. The van der Waals surface area contributed by atoms with Gasteiger partial charge in [-0.25, -0.2) is 0 Å². The fraction of sp³-hybridized carbons (Fsp3) is 0.750. The van der Waals surface area contributed by atoms with Gasteiger partial charge < -0.3 is 9.30 Å². The van der Waals surface area contributed by atoms with Crippen molar-refractivity contribution in [3.05, 3.63) is 11.6 Å². The van der Waals surface area contributed by atoms with Crippen molar-refractivity contribution in [1.29, 1.82) is 0 Å². The van der Waals surface area contributed by atoms with E-state index in [1.807, 2.05) is 18.5 Å². The second kappa shape index (κ2) is 5.48. The molecular formula is C12H20N4O2. The molecule has 1 aromatic heterocycles. The molecule has 1 atom stereocenters. The van der Waals surface area contributed by atoms with E-state index in [1.54, 1.807) is 0 Å². The van der Waals surface area contributed by atoms with E-state index in [2.05, 4.69) is 15.1 Å². The first kappa shape index (κ1) is 13.0. The molecule has 100 valence electrons. The Morgan fingerprint density at radius 1 is 1.44 bits per heavy atom. The molecule has 0 aromatic carbocycles. The molecule has 0 saturated carbocycles. The van der Waals surface area contributed by atoms with Gasteiger partial charge in [0.15, 0.2) is 0 Å². The lowest BCUT2D eigenvalue weighted by atomic mass is 10.0. The molecule has 0 amide bonds. The van der Waals surface area contributed by atoms with E-state index in [0.29, 0.717) is 6.54 Å². The maximum Gasteiger partial charge on any atom is 0.323 e. The summed E-state index contributed by atoms with van der Waals surface area (Å²) in [4.78, 5) is 13.9. The van der Waals surface area contributed by atoms with E-state index < -0.39 is 0 Å². The minimum Gasteiger partial charge on any atom is -0.468 e. The van der Waals surface area contributed by atoms with E-state index >= 15 is 0 Å². The van der Waals surface area contributed by atoms with Gasteiger partial charge in [0.05, 0.1) is 13.7 Å². The molecule has 0 spiro atoms. The molecular weight excluding hydrogens is 232 g/mol. The van der Waals surface area contributed by atoms with Gasteiger partial charge >= 0.3 is 5.97 Å². The van der Waals surface area contributed by atoms with Crippen LogP contribution in [0.1, 0.15) is 30.9 Å². The highest BCUT2D eigenvalue weighted by Crippen LogP contribution is 2.20. The molecule has 0 aliphatic carbocycles. The fourth-order valence-electron chi connectivity index (χ4n) is 2.35. The van der Waals surface area contributed by atoms with Crippen LogP contribution in [-0.4, -0.2) is 45.3 Å². The maximum atomic E-state index is 11.8. The lowest BCUT2D eigenvalue weighted by Gasteiger charge is -2.33. The molecule has 0 N–H and O–H groups in total. The number of nitrogens with zero attached hydrogens (tertiary/aromatic N) is 4. The summed E-state index contributed by atoms with van der Waals surface area (Å²) >= 11 is 0. The summed E-state index contributed by atoms with van der Waals surface area (Å²) in [6.45, 7) is 3.48. The zero-order valence-corrected chi connectivity index (χ0v) is 11.2. The standard InChI is InChI=1S/C12H20N4O2/c1-9-13-14-11(15(9)2)8-16-7-5-4-6-10(16)12(17)18-3/h10H,4-8H2,1-3H3/t10-/m1/s1. The van der Waals surface area contributed by atoms with Crippen molar-refractivity contribution < 1.29 is 9.53 Å². The zero-order chi connectivity index (χ0) is 13.1. The van der Waals surface area contributed by atoms with E-state index in [4.69, 9.17) is 4.74 Å². The van der Waals surface area contributed by atoms with Gasteiger partial charge in [0.1, 0.15) is 17.7 Å². The normalized spacial score (nSPS) is 20.9. The molecule has 6 heteroatoms.